The summed E-state index contributed by atoms with van der Waals surface area (Å²) in [5, 5.41) is 3.54. The number of fused-ring (bicyclic) bond motifs is 6. The number of pyridine rings is 3. The van der Waals surface area contributed by atoms with E-state index in [4.69, 9.17) is 0 Å². The second-order valence-corrected chi connectivity index (χ2v) is 8.88. The minimum Gasteiger partial charge on any atom is -0.309 e. The van der Waals surface area contributed by atoms with Gasteiger partial charge in [-0.15, -0.1) is 0 Å². The molecule has 0 fully saturated rings. The van der Waals surface area contributed by atoms with E-state index in [1.165, 1.54) is 33.4 Å². The van der Waals surface area contributed by atoms with E-state index in [-0.39, 0.29) is 0 Å². The van der Waals surface area contributed by atoms with Crippen LogP contribution in [-0.4, -0.2) is 37.8 Å². The van der Waals surface area contributed by atoms with Crippen molar-refractivity contribution < 1.29 is 0 Å². The van der Waals surface area contributed by atoms with E-state index in [1.54, 1.807) is 0 Å². The lowest BCUT2D eigenvalue weighted by atomic mass is 10.1. The molecule has 4 heterocycles. The van der Waals surface area contributed by atoms with Crippen LogP contribution in [0, 0.1) is 0 Å². The van der Waals surface area contributed by atoms with Crippen molar-refractivity contribution in [2.45, 2.75) is 59.2 Å². The van der Waals surface area contributed by atoms with Gasteiger partial charge in [-0.05, 0) is 54.3 Å². The Morgan fingerprint density at radius 2 is 1.03 bits per heavy atom. The molecule has 1 aliphatic heterocycles. The minimum atomic E-state index is 0.427. The Morgan fingerprint density at radius 3 is 1.48 bits per heavy atom. The van der Waals surface area contributed by atoms with Crippen LogP contribution in [-0.2, 0) is 39.3 Å². The molecule has 31 heavy (non-hydrogen) atoms. The molecule has 162 valence electrons. The van der Waals surface area contributed by atoms with E-state index in [2.05, 4.69) is 69.2 Å². The number of rotatable bonds is 1. The summed E-state index contributed by atoms with van der Waals surface area (Å²) in [7, 11) is 2.15. The largest absolute Gasteiger partial charge is 0.309 e. The first-order valence-electron chi connectivity index (χ1n) is 11.0. The predicted molar refractivity (Wildman–Crippen MR) is 123 cm³/mol. The van der Waals surface area contributed by atoms with Gasteiger partial charge in [0.1, 0.15) is 0 Å². The average Bonchev–Trinajstić information content (AvgIpc) is 2.73. The molecule has 3 aromatic rings. The smallest absolute Gasteiger partial charge is 0.0313 e. The van der Waals surface area contributed by atoms with Crippen molar-refractivity contribution in [3.63, 3.8) is 0 Å². The summed E-state index contributed by atoms with van der Waals surface area (Å²) in [6, 6.07) is 7.21. The van der Waals surface area contributed by atoms with Crippen molar-refractivity contribution in [1.82, 2.24) is 30.1 Å². The molecule has 1 N–H and O–H groups in total. The zero-order valence-electron chi connectivity index (χ0n) is 18.8. The monoisotopic (exact) mass is 416 g/mol. The van der Waals surface area contributed by atoms with Crippen molar-refractivity contribution in [2.75, 3.05) is 7.05 Å². The molecule has 1 aliphatic rings. The van der Waals surface area contributed by atoms with Crippen LogP contribution in [0.5, 0.6) is 0 Å². The standard InChI is InChI=1S/C25H32N6/c1-19(2)31-17-24-5-21(10-28-13-24)8-26-7-20-4-22(11-27-9-20)15-30(3)16-23-6-25(18-31)14-29-12-23/h4-6,9-14,19,26H,7-8,15-18H2,1-3H3. The maximum atomic E-state index is 4.53. The van der Waals surface area contributed by atoms with Crippen molar-refractivity contribution >= 4 is 0 Å². The van der Waals surface area contributed by atoms with E-state index >= 15 is 0 Å². The summed E-state index contributed by atoms with van der Waals surface area (Å²) < 4.78 is 0. The molecule has 0 aliphatic carbocycles. The Bertz CT molecular complexity index is 1000. The molecular weight excluding hydrogens is 384 g/mol. The number of hydrogen-bond acceptors (Lipinski definition) is 6. The van der Waals surface area contributed by atoms with Crippen LogP contribution in [0.3, 0.4) is 0 Å². The van der Waals surface area contributed by atoms with Crippen LogP contribution in [0.15, 0.2) is 55.4 Å². The predicted octanol–water partition coefficient (Wildman–Crippen LogP) is 3.52. The van der Waals surface area contributed by atoms with Crippen molar-refractivity contribution in [1.29, 1.82) is 0 Å². The normalized spacial score (nSPS) is 16.6. The van der Waals surface area contributed by atoms with Gasteiger partial charge < -0.3 is 5.32 Å². The molecule has 0 saturated carbocycles. The lowest BCUT2D eigenvalue weighted by Crippen LogP contribution is -2.30. The molecule has 4 rings (SSSR count). The number of hydrogen-bond donors (Lipinski definition) is 1. The highest BCUT2D eigenvalue weighted by atomic mass is 15.1. The van der Waals surface area contributed by atoms with Gasteiger partial charge >= 0.3 is 0 Å². The van der Waals surface area contributed by atoms with Crippen LogP contribution in [0.4, 0.5) is 0 Å². The fraction of sp³-hybridized carbons (Fsp3) is 0.400. The number of nitrogens with zero attached hydrogens (tertiary/aromatic N) is 5. The lowest BCUT2D eigenvalue weighted by molar-refractivity contribution is 0.203. The topological polar surface area (TPSA) is 57.2 Å². The van der Waals surface area contributed by atoms with Crippen molar-refractivity contribution in [3.8, 4) is 0 Å². The zero-order valence-corrected chi connectivity index (χ0v) is 18.8. The highest BCUT2D eigenvalue weighted by Crippen LogP contribution is 2.16. The van der Waals surface area contributed by atoms with Gasteiger partial charge in [0.25, 0.3) is 0 Å². The summed E-state index contributed by atoms with van der Waals surface area (Å²) in [6.45, 7) is 9.53. The lowest BCUT2D eigenvalue weighted by Gasteiger charge is -2.27. The molecule has 6 heteroatoms. The third-order valence-electron chi connectivity index (χ3n) is 5.62. The fourth-order valence-corrected chi connectivity index (χ4v) is 4.08. The van der Waals surface area contributed by atoms with Gasteiger partial charge in [0, 0.05) is 82.5 Å². The average molecular weight is 417 g/mol. The van der Waals surface area contributed by atoms with E-state index in [1.807, 2.05) is 37.2 Å². The summed E-state index contributed by atoms with van der Waals surface area (Å²) in [5.74, 6) is 0. The molecule has 0 aromatic carbocycles. The molecule has 0 amide bonds. The molecule has 0 spiro atoms. The van der Waals surface area contributed by atoms with Gasteiger partial charge in [0.2, 0.25) is 0 Å². The third-order valence-corrected chi connectivity index (χ3v) is 5.62. The van der Waals surface area contributed by atoms with Gasteiger partial charge in [-0.1, -0.05) is 18.2 Å². The Kier molecular flexibility index (Phi) is 7.02. The highest BCUT2D eigenvalue weighted by Gasteiger charge is 2.13. The van der Waals surface area contributed by atoms with Crippen LogP contribution in [0.1, 0.15) is 47.2 Å². The Morgan fingerprint density at radius 1 is 0.645 bits per heavy atom. The minimum absolute atomic E-state index is 0.427. The van der Waals surface area contributed by atoms with Gasteiger partial charge in [-0.3, -0.25) is 24.8 Å². The van der Waals surface area contributed by atoms with Gasteiger partial charge in [-0.2, -0.15) is 0 Å². The molecule has 3 aromatic heterocycles. The third kappa shape index (κ3) is 6.17. The molecule has 0 atom stereocenters. The Balaban J connectivity index is 1.63. The second-order valence-electron chi connectivity index (χ2n) is 8.88. The van der Waals surface area contributed by atoms with Crippen LogP contribution in [0.25, 0.3) is 0 Å². The summed E-state index contributed by atoms with van der Waals surface area (Å²) in [6.07, 6.45) is 11.8. The maximum absolute atomic E-state index is 4.53. The summed E-state index contributed by atoms with van der Waals surface area (Å²) >= 11 is 0. The van der Waals surface area contributed by atoms with E-state index in [9.17, 15) is 0 Å². The first-order valence-corrected chi connectivity index (χ1v) is 11.0. The summed E-state index contributed by atoms with van der Waals surface area (Å²) in [5.41, 5.74) is 7.35. The first-order chi connectivity index (χ1) is 15.0. The quantitative estimate of drug-likeness (QED) is 0.655. The SMILES string of the molecule is CC(C)N1Cc2cncc(c2)CNCc2cncc(c2)CN(C)Cc2cncc(c2)C1. The van der Waals surface area contributed by atoms with Crippen molar-refractivity contribution in [2.24, 2.45) is 0 Å². The van der Waals surface area contributed by atoms with E-state index in [0.717, 1.165) is 39.3 Å². The number of nitrogens with one attached hydrogen (secondary N) is 1. The maximum Gasteiger partial charge on any atom is 0.0313 e. The van der Waals surface area contributed by atoms with Crippen LogP contribution >= 0.6 is 0 Å². The van der Waals surface area contributed by atoms with Gasteiger partial charge in [-0.25, -0.2) is 0 Å². The zero-order chi connectivity index (χ0) is 21.6. The van der Waals surface area contributed by atoms with Crippen molar-refractivity contribution in [3.05, 3.63) is 88.8 Å². The van der Waals surface area contributed by atoms with Crippen LogP contribution in [0.2, 0.25) is 0 Å². The van der Waals surface area contributed by atoms with E-state index in [0.29, 0.717) is 6.04 Å². The fourth-order valence-electron chi connectivity index (χ4n) is 4.08. The molecule has 0 radical (unpaired) electrons. The molecular formula is C25H32N6. The Labute approximate surface area is 185 Å². The Hall–Kier alpha value is -2.67. The molecule has 6 bridgehead atoms. The molecule has 0 unspecified atom stereocenters. The van der Waals surface area contributed by atoms with E-state index < -0.39 is 0 Å². The molecule has 6 nitrogen and oxygen atoms in total. The number of aromatic nitrogens is 3. The molecule has 0 saturated heterocycles. The van der Waals surface area contributed by atoms with Gasteiger partial charge in [0.15, 0.2) is 0 Å². The van der Waals surface area contributed by atoms with Crippen LogP contribution < -0.4 is 5.32 Å². The summed E-state index contributed by atoms with van der Waals surface area (Å²) in [4.78, 5) is 18.3. The van der Waals surface area contributed by atoms with Gasteiger partial charge in [0.05, 0.1) is 0 Å². The first kappa shape index (κ1) is 21.6. The second kappa shape index (κ2) is 10.1. The highest BCUT2D eigenvalue weighted by molar-refractivity contribution is 5.22.